The van der Waals surface area contributed by atoms with Crippen LogP contribution in [0.2, 0.25) is 0 Å². The summed E-state index contributed by atoms with van der Waals surface area (Å²) in [4.78, 5) is 2.12. The van der Waals surface area contributed by atoms with Crippen molar-refractivity contribution in [2.24, 2.45) is 0 Å². The molecule has 0 fully saturated rings. The first-order chi connectivity index (χ1) is 7.99. The molecule has 4 heteroatoms. The van der Waals surface area contributed by atoms with Crippen molar-refractivity contribution >= 4 is 43.6 Å². The van der Waals surface area contributed by atoms with Gasteiger partial charge < -0.3 is 10.6 Å². The molecule has 2 nitrogen and oxygen atoms in total. The van der Waals surface area contributed by atoms with Gasteiger partial charge in [-0.25, -0.2) is 0 Å². The van der Waals surface area contributed by atoms with Crippen molar-refractivity contribution in [3.05, 3.63) is 39.2 Å². The summed E-state index contributed by atoms with van der Waals surface area (Å²) >= 11 is 5.17. The second-order valence-electron chi connectivity index (χ2n) is 4.13. The average molecular weight is 311 g/mol. The summed E-state index contributed by atoms with van der Waals surface area (Å²) in [5.74, 6) is 0. The van der Waals surface area contributed by atoms with Gasteiger partial charge in [0.25, 0.3) is 0 Å². The standard InChI is InChI=1S/C13H15BrN2S/c1-8-6-10(15)11(7-9(8)2)16(3)13-5-4-12(14)17-13/h4-7H,15H2,1-3H3. The number of rotatable bonds is 2. The molecule has 0 saturated carbocycles. The van der Waals surface area contributed by atoms with Crippen molar-refractivity contribution in [3.63, 3.8) is 0 Å². The summed E-state index contributed by atoms with van der Waals surface area (Å²) in [5, 5.41) is 1.17. The zero-order valence-corrected chi connectivity index (χ0v) is 12.5. The van der Waals surface area contributed by atoms with E-state index in [2.05, 4.69) is 46.8 Å². The fourth-order valence-electron chi connectivity index (χ4n) is 1.72. The minimum Gasteiger partial charge on any atom is -0.397 e. The van der Waals surface area contributed by atoms with Gasteiger partial charge in [-0.3, -0.25) is 0 Å². The van der Waals surface area contributed by atoms with E-state index in [0.29, 0.717) is 0 Å². The van der Waals surface area contributed by atoms with Gasteiger partial charge in [0, 0.05) is 7.05 Å². The molecule has 0 atom stereocenters. The molecule has 0 radical (unpaired) electrons. The molecule has 0 unspecified atom stereocenters. The quantitative estimate of drug-likeness (QED) is 0.829. The number of nitrogens with two attached hydrogens (primary N) is 1. The van der Waals surface area contributed by atoms with Gasteiger partial charge in [-0.15, -0.1) is 11.3 Å². The van der Waals surface area contributed by atoms with Crippen molar-refractivity contribution in [1.29, 1.82) is 0 Å². The lowest BCUT2D eigenvalue weighted by atomic mass is 10.1. The molecule has 90 valence electrons. The van der Waals surface area contributed by atoms with E-state index in [1.54, 1.807) is 11.3 Å². The third-order valence-electron chi connectivity index (χ3n) is 2.89. The Hall–Kier alpha value is -1.00. The predicted molar refractivity (Wildman–Crippen MR) is 80.4 cm³/mol. The van der Waals surface area contributed by atoms with Crippen LogP contribution in [0.1, 0.15) is 11.1 Å². The van der Waals surface area contributed by atoms with Crippen molar-refractivity contribution < 1.29 is 0 Å². The van der Waals surface area contributed by atoms with Gasteiger partial charge in [-0.2, -0.15) is 0 Å². The molecule has 1 heterocycles. The monoisotopic (exact) mass is 310 g/mol. The summed E-state index contributed by atoms with van der Waals surface area (Å²) in [5.41, 5.74) is 10.5. The van der Waals surface area contributed by atoms with Gasteiger partial charge in [-0.1, -0.05) is 0 Å². The van der Waals surface area contributed by atoms with Crippen LogP contribution in [0.15, 0.2) is 28.1 Å². The first kappa shape index (κ1) is 12.5. The van der Waals surface area contributed by atoms with E-state index < -0.39 is 0 Å². The highest BCUT2D eigenvalue weighted by atomic mass is 79.9. The Labute approximate surface area is 114 Å². The number of thiophene rings is 1. The Morgan fingerprint density at radius 2 is 1.82 bits per heavy atom. The number of nitrogen functional groups attached to an aromatic ring is 1. The molecule has 0 aliphatic heterocycles. The van der Waals surface area contributed by atoms with E-state index in [9.17, 15) is 0 Å². The molecular weight excluding hydrogens is 296 g/mol. The minimum atomic E-state index is 0.820. The third-order valence-corrected chi connectivity index (χ3v) is 4.59. The molecular formula is C13H15BrN2S. The maximum Gasteiger partial charge on any atom is 0.0962 e. The largest absolute Gasteiger partial charge is 0.397 e. The number of aryl methyl sites for hydroxylation is 2. The SMILES string of the molecule is Cc1cc(N)c(N(C)c2ccc(Br)s2)cc1C. The van der Waals surface area contributed by atoms with Crippen LogP contribution in [0.4, 0.5) is 16.4 Å². The molecule has 0 aliphatic rings. The number of hydrogen-bond donors (Lipinski definition) is 1. The third kappa shape index (κ3) is 2.48. The maximum atomic E-state index is 6.09. The predicted octanol–water partition coefficient (Wildman–Crippen LogP) is 4.48. The summed E-state index contributed by atoms with van der Waals surface area (Å²) < 4.78 is 1.13. The topological polar surface area (TPSA) is 29.3 Å². The molecule has 0 aliphatic carbocycles. The normalized spacial score (nSPS) is 10.6. The van der Waals surface area contributed by atoms with Gasteiger partial charge in [0.2, 0.25) is 0 Å². The van der Waals surface area contributed by atoms with Crippen LogP contribution in [-0.2, 0) is 0 Å². The number of anilines is 3. The number of hydrogen-bond acceptors (Lipinski definition) is 3. The zero-order chi connectivity index (χ0) is 12.6. The van der Waals surface area contributed by atoms with E-state index >= 15 is 0 Å². The Balaban J connectivity index is 2.43. The maximum absolute atomic E-state index is 6.09. The van der Waals surface area contributed by atoms with Crippen LogP contribution in [-0.4, -0.2) is 7.05 Å². The second kappa shape index (κ2) is 4.70. The molecule has 2 N–H and O–H groups in total. The van der Waals surface area contributed by atoms with E-state index in [-0.39, 0.29) is 0 Å². The lowest BCUT2D eigenvalue weighted by Crippen LogP contribution is -2.10. The van der Waals surface area contributed by atoms with Crippen molar-refractivity contribution in [2.75, 3.05) is 17.7 Å². The lowest BCUT2D eigenvalue weighted by Gasteiger charge is -2.20. The Morgan fingerprint density at radius 3 is 2.41 bits per heavy atom. The molecule has 1 aromatic carbocycles. The first-order valence-electron chi connectivity index (χ1n) is 5.35. The van der Waals surface area contributed by atoms with Crippen LogP contribution in [0.3, 0.4) is 0 Å². The van der Waals surface area contributed by atoms with Crippen LogP contribution in [0, 0.1) is 13.8 Å². The molecule has 0 spiro atoms. The number of benzene rings is 1. The summed E-state index contributed by atoms with van der Waals surface area (Å²) in [6.07, 6.45) is 0. The van der Waals surface area contributed by atoms with Gasteiger partial charge in [0.15, 0.2) is 0 Å². The second-order valence-corrected chi connectivity index (χ2v) is 6.57. The Bertz CT molecular complexity index is 548. The van der Waals surface area contributed by atoms with E-state index in [0.717, 1.165) is 15.2 Å². The molecule has 0 bridgehead atoms. The molecule has 2 rings (SSSR count). The highest BCUT2D eigenvalue weighted by Gasteiger charge is 2.11. The summed E-state index contributed by atoms with van der Waals surface area (Å²) in [6, 6.07) is 8.30. The molecule has 0 saturated heterocycles. The fourth-order valence-corrected chi connectivity index (χ4v) is 3.05. The van der Waals surface area contributed by atoms with E-state index in [4.69, 9.17) is 5.73 Å². The average Bonchev–Trinajstić information content (AvgIpc) is 2.69. The number of nitrogens with zero attached hydrogens (tertiary/aromatic N) is 1. The van der Waals surface area contributed by atoms with Gasteiger partial charge in [-0.05, 0) is 65.2 Å². The Kier molecular flexibility index (Phi) is 3.45. The highest BCUT2D eigenvalue weighted by molar-refractivity contribution is 9.11. The van der Waals surface area contributed by atoms with Crippen molar-refractivity contribution in [3.8, 4) is 0 Å². The molecule has 0 amide bonds. The summed E-state index contributed by atoms with van der Waals surface area (Å²) in [7, 11) is 2.04. The lowest BCUT2D eigenvalue weighted by molar-refractivity contribution is 1.22. The van der Waals surface area contributed by atoms with Crippen molar-refractivity contribution in [2.45, 2.75) is 13.8 Å². The minimum absolute atomic E-state index is 0.820. The van der Waals surface area contributed by atoms with Crippen molar-refractivity contribution in [1.82, 2.24) is 0 Å². The van der Waals surface area contributed by atoms with Crippen LogP contribution in [0.5, 0.6) is 0 Å². The molecule has 2 aromatic rings. The molecule has 1 aromatic heterocycles. The zero-order valence-electron chi connectivity index (χ0n) is 10.1. The van der Waals surface area contributed by atoms with Crippen LogP contribution >= 0.6 is 27.3 Å². The van der Waals surface area contributed by atoms with Gasteiger partial charge in [0.1, 0.15) is 0 Å². The van der Waals surface area contributed by atoms with Crippen LogP contribution in [0.25, 0.3) is 0 Å². The first-order valence-corrected chi connectivity index (χ1v) is 6.96. The smallest absolute Gasteiger partial charge is 0.0962 e. The van der Waals surface area contributed by atoms with E-state index in [1.165, 1.54) is 16.1 Å². The molecule has 17 heavy (non-hydrogen) atoms. The Morgan fingerprint density at radius 1 is 1.18 bits per heavy atom. The van der Waals surface area contributed by atoms with E-state index in [1.807, 2.05) is 19.2 Å². The number of halogens is 1. The van der Waals surface area contributed by atoms with Crippen LogP contribution < -0.4 is 10.6 Å². The van der Waals surface area contributed by atoms with Gasteiger partial charge in [0.05, 0.1) is 20.2 Å². The summed E-state index contributed by atoms with van der Waals surface area (Å²) in [6.45, 7) is 4.19. The fraction of sp³-hybridized carbons (Fsp3) is 0.231. The van der Waals surface area contributed by atoms with Gasteiger partial charge >= 0.3 is 0 Å². The highest BCUT2D eigenvalue weighted by Crippen LogP contribution is 2.36.